The maximum absolute atomic E-state index is 13.0. The third-order valence-corrected chi connectivity index (χ3v) is 4.69. The van der Waals surface area contributed by atoms with Crippen molar-refractivity contribution in [2.24, 2.45) is 10.1 Å². The van der Waals surface area contributed by atoms with Gasteiger partial charge < -0.3 is 0 Å². The van der Waals surface area contributed by atoms with Gasteiger partial charge in [0, 0.05) is 22.0 Å². The average molecular weight is 404 g/mol. The van der Waals surface area contributed by atoms with E-state index in [-0.39, 0.29) is 5.82 Å². The minimum Gasteiger partial charge on any atom is -0.258 e. The molecular formula is C18H15BrFN3S. The lowest BCUT2D eigenvalue weighted by molar-refractivity contribution is 0.628. The molecule has 0 radical (unpaired) electrons. The van der Waals surface area contributed by atoms with Crippen molar-refractivity contribution in [1.82, 2.24) is 4.68 Å². The van der Waals surface area contributed by atoms with Crippen LogP contribution in [0.2, 0.25) is 0 Å². The Hall–Kier alpha value is -2.05. The van der Waals surface area contributed by atoms with Crippen LogP contribution in [0.15, 0.2) is 68.5 Å². The largest absolute Gasteiger partial charge is 0.258 e. The topological polar surface area (TPSA) is 29.6 Å². The van der Waals surface area contributed by atoms with Crippen LogP contribution in [0.5, 0.6) is 0 Å². The smallest absolute Gasteiger partial charge is 0.206 e. The maximum atomic E-state index is 13.0. The Morgan fingerprint density at radius 3 is 2.50 bits per heavy atom. The molecule has 122 valence electrons. The second kappa shape index (κ2) is 7.68. The van der Waals surface area contributed by atoms with Crippen molar-refractivity contribution in [1.29, 1.82) is 0 Å². The van der Waals surface area contributed by atoms with Crippen molar-refractivity contribution in [3.05, 3.63) is 74.6 Å². The summed E-state index contributed by atoms with van der Waals surface area (Å²) in [6.07, 6.45) is 1.71. The van der Waals surface area contributed by atoms with Crippen molar-refractivity contribution >= 4 is 33.5 Å². The molecule has 0 atom stereocenters. The molecule has 0 aliphatic rings. The summed E-state index contributed by atoms with van der Waals surface area (Å²) in [5.41, 5.74) is 2.86. The van der Waals surface area contributed by atoms with E-state index in [2.05, 4.69) is 26.0 Å². The molecule has 0 saturated carbocycles. The van der Waals surface area contributed by atoms with E-state index in [1.807, 2.05) is 41.2 Å². The standard InChI is InChI=1S/C18H15BrFN3S/c1-2-21-18-23(22-11-13-3-9-16(20)10-4-13)17(12-24-18)14-5-7-15(19)8-6-14/h3-12H,2H2,1H3. The number of thiazole rings is 1. The first-order valence-corrected chi connectivity index (χ1v) is 9.11. The molecule has 3 aromatic rings. The summed E-state index contributed by atoms with van der Waals surface area (Å²) in [4.78, 5) is 5.32. The average Bonchev–Trinajstić information content (AvgIpc) is 2.98. The normalized spacial score (nSPS) is 12.2. The Balaban J connectivity index is 2.04. The van der Waals surface area contributed by atoms with Gasteiger partial charge in [0.15, 0.2) is 0 Å². The highest BCUT2D eigenvalue weighted by Crippen LogP contribution is 2.22. The van der Waals surface area contributed by atoms with Crippen LogP contribution in [0.4, 0.5) is 4.39 Å². The highest BCUT2D eigenvalue weighted by atomic mass is 79.9. The fourth-order valence-corrected chi connectivity index (χ4v) is 3.31. The van der Waals surface area contributed by atoms with Gasteiger partial charge in [0.05, 0.1) is 11.9 Å². The van der Waals surface area contributed by atoms with E-state index < -0.39 is 0 Å². The van der Waals surface area contributed by atoms with Gasteiger partial charge in [-0.2, -0.15) is 5.10 Å². The van der Waals surface area contributed by atoms with E-state index in [1.165, 1.54) is 12.1 Å². The Kier molecular flexibility index (Phi) is 5.37. The molecule has 0 amide bonds. The molecule has 3 nitrogen and oxygen atoms in total. The predicted molar refractivity (Wildman–Crippen MR) is 101 cm³/mol. The summed E-state index contributed by atoms with van der Waals surface area (Å²) in [5.74, 6) is -0.257. The third-order valence-electron chi connectivity index (χ3n) is 3.31. The molecule has 0 bridgehead atoms. The van der Waals surface area contributed by atoms with Gasteiger partial charge in [-0.1, -0.05) is 40.2 Å². The van der Waals surface area contributed by atoms with Crippen molar-refractivity contribution in [2.75, 3.05) is 6.54 Å². The first-order chi connectivity index (χ1) is 11.7. The molecule has 0 N–H and O–H groups in total. The van der Waals surface area contributed by atoms with Gasteiger partial charge in [-0.15, -0.1) is 11.3 Å². The predicted octanol–water partition coefficient (Wildman–Crippen LogP) is 4.92. The van der Waals surface area contributed by atoms with E-state index in [0.29, 0.717) is 6.54 Å². The van der Waals surface area contributed by atoms with Crippen LogP contribution in [-0.4, -0.2) is 17.4 Å². The number of hydrogen-bond donors (Lipinski definition) is 0. The summed E-state index contributed by atoms with van der Waals surface area (Å²) < 4.78 is 15.9. The van der Waals surface area contributed by atoms with Gasteiger partial charge in [0.2, 0.25) is 4.80 Å². The van der Waals surface area contributed by atoms with Crippen molar-refractivity contribution in [3.8, 4) is 11.3 Å². The molecule has 1 aromatic heterocycles. The van der Waals surface area contributed by atoms with Gasteiger partial charge in [-0.3, -0.25) is 4.99 Å². The molecule has 3 rings (SSSR count). The highest BCUT2D eigenvalue weighted by Gasteiger charge is 2.07. The van der Waals surface area contributed by atoms with Crippen molar-refractivity contribution < 1.29 is 4.39 Å². The Bertz CT molecular complexity index is 909. The van der Waals surface area contributed by atoms with Gasteiger partial charge >= 0.3 is 0 Å². The molecule has 0 aliphatic heterocycles. The minimum atomic E-state index is -0.257. The Morgan fingerprint density at radius 1 is 1.12 bits per heavy atom. The van der Waals surface area contributed by atoms with Crippen LogP contribution in [0.1, 0.15) is 12.5 Å². The lowest BCUT2D eigenvalue weighted by atomic mass is 10.2. The van der Waals surface area contributed by atoms with Crippen molar-refractivity contribution in [2.45, 2.75) is 6.92 Å². The first kappa shape index (κ1) is 16.8. The van der Waals surface area contributed by atoms with Gasteiger partial charge in [-0.05, 0) is 36.8 Å². The highest BCUT2D eigenvalue weighted by molar-refractivity contribution is 9.10. The molecule has 0 fully saturated rings. The maximum Gasteiger partial charge on any atom is 0.206 e. The molecule has 0 aliphatic carbocycles. The van der Waals surface area contributed by atoms with Gasteiger partial charge in [-0.25, -0.2) is 9.07 Å². The number of benzene rings is 2. The summed E-state index contributed by atoms with van der Waals surface area (Å²) in [6, 6.07) is 14.3. The van der Waals surface area contributed by atoms with Crippen LogP contribution in [0, 0.1) is 5.82 Å². The van der Waals surface area contributed by atoms with Crippen molar-refractivity contribution in [3.63, 3.8) is 0 Å². The number of rotatable bonds is 4. The van der Waals surface area contributed by atoms with E-state index in [9.17, 15) is 4.39 Å². The molecular weight excluding hydrogens is 389 g/mol. The zero-order valence-corrected chi connectivity index (χ0v) is 15.4. The van der Waals surface area contributed by atoms with E-state index in [0.717, 1.165) is 26.1 Å². The quantitative estimate of drug-likeness (QED) is 0.553. The molecule has 1 heterocycles. The van der Waals surface area contributed by atoms with Gasteiger partial charge in [0.25, 0.3) is 0 Å². The summed E-state index contributed by atoms with van der Waals surface area (Å²) in [7, 11) is 0. The Morgan fingerprint density at radius 2 is 1.83 bits per heavy atom. The monoisotopic (exact) mass is 403 g/mol. The van der Waals surface area contributed by atoms with Crippen LogP contribution >= 0.6 is 27.3 Å². The van der Waals surface area contributed by atoms with E-state index in [1.54, 1.807) is 29.7 Å². The Labute approximate surface area is 152 Å². The zero-order valence-electron chi connectivity index (χ0n) is 13.0. The minimum absolute atomic E-state index is 0.257. The van der Waals surface area contributed by atoms with E-state index in [4.69, 9.17) is 0 Å². The lowest BCUT2D eigenvalue weighted by Gasteiger charge is -2.04. The van der Waals surface area contributed by atoms with Gasteiger partial charge in [0.1, 0.15) is 5.82 Å². The summed E-state index contributed by atoms with van der Waals surface area (Å²) >= 11 is 5.00. The fraction of sp³-hybridized carbons (Fsp3) is 0.111. The number of nitrogens with zero attached hydrogens (tertiary/aromatic N) is 3. The number of halogens is 2. The lowest BCUT2D eigenvalue weighted by Crippen LogP contribution is -2.12. The number of hydrogen-bond acceptors (Lipinski definition) is 3. The molecule has 24 heavy (non-hydrogen) atoms. The fourth-order valence-electron chi connectivity index (χ4n) is 2.15. The SMILES string of the molecule is CCN=c1scc(-c2ccc(Br)cc2)n1N=Cc1ccc(F)cc1. The first-order valence-electron chi connectivity index (χ1n) is 7.44. The molecule has 0 unspecified atom stereocenters. The second-order valence-corrected chi connectivity index (χ2v) is 6.74. The summed E-state index contributed by atoms with van der Waals surface area (Å²) in [6.45, 7) is 2.68. The van der Waals surface area contributed by atoms with E-state index >= 15 is 0 Å². The van der Waals surface area contributed by atoms with Crippen LogP contribution in [0.25, 0.3) is 11.3 Å². The van der Waals surface area contributed by atoms with Crippen LogP contribution < -0.4 is 4.80 Å². The zero-order chi connectivity index (χ0) is 16.9. The number of aromatic nitrogens is 1. The summed E-state index contributed by atoms with van der Waals surface area (Å²) in [5, 5.41) is 6.60. The molecule has 6 heteroatoms. The molecule has 0 saturated heterocycles. The molecule has 2 aromatic carbocycles. The van der Waals surface area contributed by atoms with Crippen LogP contribution in [0.3, 0.4) is 0 Å². The molecule has 0 spiro atoms. The van der Waals surface area contributed by atoms with Crippen LogP contribution in [-0.2, 0) is 0 Å². The third kappa shape index (κ3) is 3.88. The second-order valence-electron chi connectivity index (χ2n) is 4.99.